The van der Waals surface area contributed by atoms with Gasteiger partial charge in [-0.3, -0.25) is 4.40 Å². The molecule has 108 valence electrons. The van der Waals surface area contributed by atoms with Gasteiger partial charge in [0.1, 0.15) is 5.82 Å². The van der Waals surface area contributed by atoms with Crippen molar-refractivity contribution in [2.75, 3.05) is 18.0 Å². The summed E-state index contributed by atoms with van der Waals surface area (Å²) in [6, 6.07) is 4.59. The van der Waals surface area contributed by atoms with Gasteiger partial charge >= 0.3 is 0 Å². The predicted octanol–water partition coefficient (Wildman–Crippen LogP) is 1.98. The highest BCUT2D eigenvalue weighted by atomic mass is 19.1. The third-order valence-electron chi connectivity index (χ3n) is 4.03. The van der Waals surface area contributed by atoms with Crippen molar-refractivity contribution in [3.8, 4) is 0 Å². The van der Waals surface area contributed by atoms with E-state index in [4.69, 9.17) is 0 Å². The molecule has 6 heteroatoms. The van der Waals surface area contributed by atoms with E-state index in [2.05, 4.69) is 14.9 Å². The van der Waals surface area contributed by atoms with Gasteiger partial charge in [0.05, 0.1) is 17.1 Å². The largest absolute Gasteiger partial charge is 0.393 e. The Labute approximate surface area is 120 Å². The van der Waals surface area contributed by atoms with Crippen LogP contribution in [0.4, 0.5) is 10.2 Å². The molecule has 4 rings (SSSR count). The van der Waals surface area contributed by atoms with E-state index in [1.165, 1.54) is 12.1 Å². The Bertz CT molecular complexity index is 808. The zero-order valence-electron chi connectivity index (χ0n) is 11.4. The Kier molecular flexibility index (Phi) is 2.78. The molecule has 1 N–H and O–H groups in total. The van der Waals surface area contributed by atoms with Crippen molar-refractivity contribution < 1.29 is 9.50 Å². The fourth-order valence-corrected chi connectivity index (χ4v) is 2.91. The summed E-state index contributed by atoms with van der Waals surface area (Å²) in [7, 11) is 0. The molecule has 2 aromatic heterocycles. The molecule has 0 amide bonds. The first-order chi connectivity index (χ1) is 10.2. The summed E-state index contributed by atoms with van der Waals surface area (Å²) in [5.41, 5.74) is 2.22. The van der Waals surface area contributed by atoms with Crippen molar-refractivity contribution in [1.29, 1.82) is 0 Å². The van der Waals surface area contributed by atoms with Gasteiger partial charge in [0.2, 0.25) is 0 Å². The molecule has 0 unspecified atom stereocenters. The third-order valence-corrected chi connectivity index (χ3v) is 4.03. The molecule has 0 aliphatic carbocycles. The standard InChI is InChI=1S/C15H15FN4O/c16-10-1-2-13-12(9-10)18-15(14-17-5-8-20(13)14)19-6-3-11(21)4-7-19/h1-2,5,8-9,11,21H,3-4,6-7H2. The van der Waals surface area contributed by atoms with Crippen LogP contribution in [0.25, 0.3) is 16.7 Å². The zero-order valence-corrected chi connectivity index (χ0v) is 11.4. The quantitative estimate of drug-likeness (QED) is 0.743. The maximum Gasteiger partial charge on any atom is 0.180 e. The molecule has 3 heterocycles. The zero-order chi connectivity index (χ0) is 14.4. The van der Waals surface area contributed by atoms with Crippen LogP contribution in [-0.2, 0) is 0 Å². The number of imidazole rings is 1. The van der Waals surface area contributed by atoms with E-state index < -0.39 is 0 Å². The Morgan fingerprint density at radius 3 is 2.86 bits per heavy atom. The molecule has 0 saturated carbocycles. The van der Waals surface area contributed by atoms with Crippen LogP contribution >= 0.6 is 0 Å². The number of aromatic nitrogens is 3. The number of piperidine rings is 1. The lowest BCUT2D eigenvalue weighted by molar-refractivity contribution is 0.145. The van der Waals surface area contributed by atoms with Crippen molar-refractivity contribution in [3.05, 3.63) is 36.4 Å². The topological polar surface area (TPSA) is 53.7 Å². The van der Waals surface area contributed by atoms with E-state index in [1.807, 2.05) is 10.6 Å². The molecular weight excluding hydrogens is 271 g/mol. The summed E-state index contributed by atoms with van der Waals surface area (Å²) < 4.78 is 15.4. The van der Waals surface area contributed by atoms with Crippen LogP contribution in [0, 0.1) is 5.82 Å². The predicted molar refractivity (Wildman–Crippen MR) is 77.9 cm³/mol. The van der Waals surface area contributed by atoms with Gasteiger partial charge in [-0.15, -0.1) is 0 Å². The maximum absolute atomic E-state index is 13.5. The van der Waals surface area contributed by atoms with Gasteiger partial charge < -0.3 is 10.0 Å². The van der Waals surface area contributed by atoms with E-state index >= 15 is 0 Å². The van der Waals surface area contributed by atoms with Gasteiger partial charge in [0.25, 0.3) is 0 Å². The minimum atomic E-state index is -0.297. The van der Waals surface area contributed by atoms with E-state index in [0.29, 0.717) is 5.52 Å². The molecule has 0 radical (unpaired) electrons. The SMILES string of the molecule is OC1CCN(c2nc3cc(F)ccc3n3ccnc23)CC1. The van der Waals surface area contributed by atoms with Crippen LogP contribution in [0.1, 0.15) is 12.8 Å². The van der Waals surface area contributed by atoms with Gasteiger partial charge in [0, 0.05) is 31.5 Å². The molecule has 1 aromatic carbocycles. The normalized spacial score (nSPS) is 17.0. The number of rotatable bonds is 1. The molecule has 5 nitrogen and oxygen atoms in total. The Morgan fingerprint density at radius 1 is 1.24 bits per heavy atom. The number of nitrogens with zero attached hydrogens (tertiary/aromatic N) is 4. The molecule has 1 fully saturated rings. The van der Waals surface area contributed by atoms with Gasteiger partial charge in [-0.05, 0) is 25.0 Å². The fraction of sp³-hybridized carbons (Fsp3) is 0.333. The first-order valence-corrected chi connectivity index (χ1v) is 7.08. The van der Waals surface area contributed by atoms with Crippen LogP contribution in [0.15, 0.2) is 30.6 Å². The molecule has 21 heavy (non-hydrogen) atoms. The average molecular weight is 286 g/mol. The first kappa shape index (κ1) is 12.5. The number of fused-ring (bicyclic) bond motifs is 3. The minimum absolute atomic E-state index is 0.241. The number of benzene rings is 1. The third kappa shape index (κ3) is 2.03. The van der Waals surface area contributed by atoms with Crippen molar-refractivity contribution in [3.63, 3.8) is 0 Å². The summed E-state index contributed by atoms with van der Waals surface area (Å²) in [5, 5.41) is 9.64. The summed E-state index contributed by atoms with van der Waals surface area (Å²) in [6.07, 6.45) is 4.78. The second-order valence-electron chi connectivity index (χ2n) is 5.41. The summed E-state index contributed by atoms with van der Waals surface area (Å²) in [6.45, 7) is 1.47. The molecule has 0 atom stereocenters. The van der Waals surface area contributed by atoms with Gasteiger partial charge in [-0.25, -0.2) is 14.4 Å². The molecule has 1 saturated heterocycles. The number of hydrogen-bond acceptors (Lipinski definition) is 4. The fourth-order valence-electron chi connectivity index (χ4n) is 2.91. The van der Waals surface area contributed by atoms with Crippen LogP contribution in [0.2, 0.25) is 0 Å². The van der Waals surface area contributed by atoms with Crippen LogP contribution in [0.5, 0.6) is 0 Å². The maximum atomic E-state index is 13.5. The Hall–Kier alpha value is -2.21. The van der Waals surface area contributed by atoms with Gasteiger partial charge in [-0.1, -0.05) is 0 Å². The Morgan fingerprint density at radius 2 is 2.05 bits per heavy atom. The van der Waals surface area contributed by atoms with Crippen LogP contribution in [0.3, 0.4) is 0 Å². The molecule has 3 aromatic rings. The molecular formula is C15H15FN4O. The van der Waals surface area contributed by atoms with E-state index in [-0.39, 0.29) is 11.9 Å². The summed E-state index contributed by atoms with van der Waals surface area (Å²) >= 11 is 0. The highest BCUT2D eigenvalue weighted by Crippen LogP contribution is 2.26. The van der Waals surface area contributed by atoms with Crippen molar-refractivity contribution >= 4 is 22.5 Å². The monoisotopic (exact) mass is 286 g/mol. The highest BCUT2D eigenvalue weighted by Gasteiger charge is 2.21. The van der Waals surface area contributed by atoms with Crippen molar-refractivity contribution in [1.82, 2.24) is 14.4 Å². The lowest BCUT2D eigenvalue weighted by atomic mass is 10.1. The van der Waals surface area contributed by atoms with Crippen molar-refractivity contribution in [2.45, 2.75) is 18.9 Å². The second-order valence-corrected chi connectivity index (χ2v) is 5.41. The summed E-state index contributed by atoms with van der Waals surface area (Å²) in [4.78, 5) is 11.1. The van der Waals surface area contributed by atoms with Crippen molar-refractivity contribution in [2.24, 2.45) is 0 Å². The van der Waals surface area contributed by atoms with Crippen LogP contribution in [-0.4, -0.2) is 38.7 Å². The average Bonchev–Trinajstić information content (AvgIpc) is 2.96. The molecule has 0 bridgehead atoms. The lowest BCUT2D eigenvalue weighted by Crippen LogP contribution is -2.36. The van der Waals surface area contributed by atoms with Gasteiger partial charge in [0.15, 0.2) is 11.5 Å². The van der Waals surface area contributed by atoms with Gasteiger partial charge in [-0.2, -0.15) is 0 Å². The summed E-state index contributed by atoms with van der Waals surface area (Å²) in [5.74, 6) is 0.458. The molecule has 0 spiro atoms. The number of aliphatic hydroxyl groups excluding tert-OH is 1. The first-order valence-electron chi connectivity index (χ1n) is 7.08. The number of hydrogen-bond donors (Lipinski definition) is 1. The van der Waals surface area contributed by atoms with E-state index in [0.717, 1.165) is 42.9 Å². The lowest BCUT2D eigenvalue weighted by Gasteiger charge is -2.30. The van der Waals surface area contributed by atoms with E-state index in [1.54, 1.807) is 12.3 Å². The molecule has 1 aliphatic rings. The van der Waals surface area contributed by atoms with Crippen LogP contribution < -0.4 is 4.90 Å². The van der Waals surface area contributed by atoms with E-state index in [9.17, 15) is 9.50 Å². The minimum Gasteiger partial charge on any atom is -0.393 e. The second kappa shape index (κ2) is 4.66. The number of aliphatic hydroxyl groups is 1. The Balaban J connectivity index is 1.92. The number of anilines is 1. The molecule has 1 aliphatic heterocycles. The highest BCUT2D eigenvalue weighted by molar-refractivity contribution is 5.83. The smallest absolute Gasteiger partial charge is 0.180 e. The number of halogens is 1.